The molecule has 0 aliphatic heterocycles. The first kappa shape index (κ1) is 9.80. The number of alkyl halides is 3. The second-order valence-corrected chi connectivity index (χ2v) is 3.17. The van der Waals surface area contributed by atoms with Gasteiger partial charge < -0.3 is 5.21 Å². The molecule has 0 aromatic carbocycles. The Kier molecular flexibility index (Phi) is 2.95. The molecule has 0 aromatic rings. The van der Waals surface area contributed by atoms with Gasteiger partial charge in [0.1, 0.15) is 0 Å². The van der Waals surface area contributed by atoms with E-state index in [9.17, 15) is 13.2 Å². The fraction of sp³-hybridized carbons (Fsp3) is 1.00. The van der Waals surface area contributed by atoms with E-state index in [1.807, 2.05) is 0 Å². The van der Waals surface area contributed by atoms with Crippen molar-refractivity contribution in [3.05, 3.63) is 0 Å². The minimum Gasteiger partial charge on any atom is -0.317 e. The molecule has 1 aliphatic carbocycles. The SMILES string of the molecule is ONC1CCCCC1C(F)(F)F. The maximum absolute atomic E-state index is 12.2. The van der Waals surface area contributed by atoms with Gasteiger partial charge in [-0.15, -0.1) is 0 Å². The van der Waals surface area contributed by atoms with Crippen LogP contribution in [-0.4, -0.2) is 17.4 Å². The van der Waals surface area contributed by atoms with Gasteiger partial charge in [-0.2, -0.15) is 13.2 Å². The van der Waals surface area contributed by atoms with Gasteiger partial charge in [0.25, 0.3) is 0 Å². The maximum Gasteiger partial charge on any atom is 0.393 e. The van der Waals surface area contributed by atoms with Crippen LogP contribution in [0.4, 0.5) is 13.2 Å². The molecule has 1 fully saturated rings. The molecular weight excluding hydrogens is 171 g/mol. The predicted octanol–water partition coefficient (Wildman–Crippen LogP) is 2.09. The second kappa shape index (κ2) is 3.62. The zero-order valence-corrected chi connectivity index (χ0v) is 6.56. The Morgan fingerprint density at radius 3 is 2.17 bits per heavy atom. The molecule has 0 radical (unpaired) electrons. The van der Waals surface area contributed by atoms with E-state index in [1.165, 1.54) is 0 Å². The largest absolute Gasteiger partial charge is 0.393 e. The first-order valence-corrected chi connectivity index (χ1v) is 4.02. The third-order valence-electron chi connectivity index (χ3n) is 2.35. The molecule has 72 valence electrons. The van der Waals surface area contributed by atoms with Gasteiger partial charge in [-0.05, 0) is 12.8 Å². The summed E-state index contributed by atoms with van der Waals surface area (Å²) >= 11 is 0. The Bertz CT molecular complexity index is 148. The van der Waals surface area contributed by atoms with Crippen molar-refractivity contribution in [1.82, 2.24) is 5.48 Å². The minimum absolute atomic E-state index is 0.127. The summed E-state index contributed by atoms with van der Waals surface area (Å²) in [5.41, 5.74) is 1.74. The van der Waals surface area contributed by atoms with Crippen molar-refractivity contribution in [2.75, 3.05) is 0 Å². The molecular formula is C7H12F3NO. The molecule has 2 nitrogen and oxygen atoms in total. The van der Waals surface area contributed by atoms with Crippen LogP contribution in [0.2, 0.25) is 0 Å². The van der Waals surface area contributed by atoms with Gasteiger partial charge in [-0.1, -0.05) is 12.8 Å². The lowest BCUT2D eigenvalue weighted by Crippen LogP contribution is -2.44. The lowest BCUT2D eigenvalue weighted by atomic mass is 9.84. The number of hydrogen-bond acceptors (Lipinski definition) is 2. The van der Waals surface area contributed by atoms with E-state index in [0.29, 0.717) is 12.8 Å². The van der Waals surface area contributed by atoms with E-state index in [-0.39, 0.29) is 6.42 Å². The fourth-order valence-corrected chi connectivity index (χ4v) is 1.68. The molecule has 0 bridgehead atoms. The van der Waals surface area contributed by atoms with Crippen LogP contribution in [0.3, 0.4) is 0 Å². The molecule has 0 aromatic heterocycles. The summed E-state index contributed by atoms with van der Waals surface area (Å²) in [6, 6.07) is -0.807. The average molecular weight is 183 g/mol. The summed E-state index contributed by atoms with van der Waals surface area (Å²) in [6.45, 7) is 0. The molecule has 2 unspecified atom stereocenters. The third kappa shape index (κ3) is 2.10. The zero-order valence-electron chi connectivity index (χ0n) is 6.56. The second-order valence-electron chi connectivity index (χ2n) is 3.17. The highest BCUT2D eigenvalue weighted by molar-refractivity contribution is 4.83. The van der Waals surface area contributed by atoms with E-state index >= 15 is 0 Å². The number of rotatable bonds is 1. The molecule has 0 amide bonds. The van der Waals surface area contributed by atoms with Gasteiger partial charge in [0, 0.05) is 6.04 Å². The number of halogens is 3. The summed E-state index contributed by atoms with van der Waals surface area (Å²) in [5, 5.41) is 8.47. The van der Waals surface area contributed by atoms with Crippen molar-refractivity contribution in [3.63, 3.8) is 0 Å². The maximum atomic E-state index is 12.2. The smallest absolute Gasteiger partial charge is 0.317 e. The minimum atomic E-state index is -4.18. The fourth-order valence-electron chi connectivity index (χ4n) is 1.68. The third-order valence-corrected chi connectivity index (χ3v) is 2.35. The monoisotopic (exact) mass is 183 g/mol. The van der Waals surface area contributed by atoms with Crippen LogP contribution in [0.5, 0.6) is 0 Å². The molecule has 1 saturated carbocycles. The molecule has 2 atom stereocenters. The Balaban J connectivity index is 2.59. The van der Waals surface area contributed by atoms with E-state index in [2.05, 4.69) is 0 Å². The molecule has 0 heterocycles. The number of nitrogens with one attached hydrogen (secondary N) is 1. The molecule has 0 saturated heterocycles. The Labute approximate surface area is 68.7 Å². The van der Waals surface area contributed by atoms with Gasteiger partial charge >= 0.3 is 6.18 Å². The highest BCUT2D eigenvalue weighted by Crippen LogP contribution is 2.37. The molecule has 5 heteroatoms. The van der Waals surface area contributed by atoms with Gasteiger partial charge in [-0.3, -0.25) is 0 Å². The van der Waals surface area contributed by atoms with Crippen LogP contribution in [-0.2, 0) is 0 Å². The van der Waals surface area contributed by atoms with Crippen LogP contribution in [0.1, 0.15) is 25.7 Å². The van der Waals surface area contributed by atoms with E-state index in [1.54, 1.807) is 5.48 Å². The number of hydrogen-bond donors (Lipinski definition) is 2. The van der Waals surface area contributed by atoms with Crippen molar-refractivity contribution < 1.29 is 18.4 Å². The molecule has 0 spiro atoms. The standard InChI is InChI=1S/C7H12F3NO/c8-7(9,10)5-3-1-2-4-6(5)11-12/h5-6,11-12H,1-4H2. The van der Waals surface area contributed by atoms with Crippen LogP contribution >= 0.6 is 0 Å². The van der Waals surface area contributed by atoms with Crippen LogP contribution < -0.4 is 5.48 Å². The van der Waals surface area contributed by atoms with Gasteiger partial charge in [0.15, 0.2) is 0 Å². The van der Waals surface area contributed by atoms with Gasteiger partial charge in [-0.25, -0.2) is 5.48 Å². The van der Waals surface area contributed by atoms with E-state index in [4.69, 9.17) is 5.21 Å². The van der Waals surface area contributed by atoms with Crippen molar-refractivity contribution in [2.45, 2.75) is 37.9 Å². The molecule has 12 heavy (non-hydrogen) atoms. The first-order chi connectivity index (χ1) is 5.55. The Morgan fingerprint density at radius 1 is 1.17 bits per heavy atom. The first-order valence-electron chi connectivity index (χ1n) is 4.02. The summed E-state index contributed by atoms with van der Waals surface area (Å²) < 4.78 is 36.7. The summed E-state index contributed by atoms with van der Waals surface area (Å²) in [7, 11) is 0. The topological polar surface area (TPSA) is 32.3 Å². The van der Waals surface area contributed by atoms with Gasteiger partial charge in [0.05, 0.1) is 5.92 Å². The van der Waals surface area contributed by atoms with E-state index < -0.39 is 18.1 Å². The summed E-state index contributed by atoms with van der Waals surface area (Å²) in [5.74, 6) is -1.38. The molecule has 1 aliphatic rings. The highest BCUT2D eigenvalue weighted by atomic mass is 19.4. The zero-order chi connectivity index (χ0) is 9.19. The lowest BCUT2D eigenvalue weighted by molar-refractivity contribution is -0.196. The number of hydroxylamine groups is 1. The average Bonchev–Trinajstić information content (AvgIpc) is 2.03. The van der Waals surface area contributed by atoms with Crippen LogP contribution in [0.15, 0.2) is 0 Å². The molecule has 1 rings (SSSR count). The van der Waals surface area contributed by atoms with Crippen LogP contribution in [0.25, 0.3) is 0 Å². The van der Waals surface area contributed by atoms with Crippen molar-refractivity contribution >= 4 is 0 Å². The Morgan fingerprint density at radius 2 is 1.75 bits per heavy atom. The normalized spacial score (nSPS) is 32.0. The van der Waals surface area contributed by atoms with Crippen molar-refractivity contribution in [1.29, 1.82) is 0 Å². The van der Waals surface area contributed by atoms with E-state index in [0.717, 1.165) is 6.42 Å². The quantitative estimate of drug-likeness (QED) is 0.610. The van der Waals surface area contributed by atoms with Crippen molar-refractivity contribution in [2.24, 2.45) is 5.92 Å². The highest BCUT2D eigenvalue weighted by Gasteiger charge is 2.45. The Hall–Kier alpha value is -0.290. The summed E-state index contributed by atoms with van der Waals surface area (Å²) in [6.07, 6.45) is -2.30. The van der Waals surface area contributed by atoms with Crippen LogP contribution in [0, 0.1) is 5.92 Å². The predicted molar refractivity (Wildman–Crippen MR) is 36.7 cm³/mol. The summed E-state index contributed by atoms with van der Waals surface area (Å²) in [4.78, 5) is 0. The van der Waals surface area contributed by atoms with Crippen molar-refractivity contribution in [3.8, 4) is 0 Å². The lowest BCUT2D eigenvalue weighted by Gasteiger charge is -2.31. The van der Waals surface area contributed by atoms with Gasteiger partial charge in [0.2, 0.25) is 0 Å². The molecule has 2 N–H and O–H groups in total.